The Morgan fingerprint density at radius 3 is 2.29 bits per heavy atom. The number of rotatable bonds is 6. The first-order valence-electron chi connectivity index (χ1n) is 6.97. The van der Waals surface area contributed by atoms with Crippen LogP contribution in [-0.4, -0.2) is 32.4 Å². The first-order valence-corrected chi connectivity index (χ1v) is 8.46. The lowest BCUT2D eigenvalue weighted by molar-refractivity contribution is 0.0696. The van der Waals surface area contributed by atoms with Crippen LogP contribution in [0.5, 0.6) is 0 Å². The Morgan fingerprint density at radius 1 is 1.04 bits per heavy atom. The summed E-state index contributed by atoms with van der Waals surface area (Å²) in [6.07, 6.45) is 0. The fraction of sp³-hybridized carbons (Fsp3) is 0.125. The highest BCUT2D eigenvalue weighted by molar-refractivity contribution is 7.89. The first-order chi connectivity index (χ1) is 11.3. The standard InChI is InChI=1S/C16H16N2O5S/c1-17-24(22,23)14-4-2-3-13(9-14)15(19)18-10-11-5-7-12(8-6-11)16(20)21/h2-9,17H,10H2,1H3,(H,18,19)(H,20,21). The van der Waals surface area contributed by atoms with Crippen molar-refractivity contribution in [2.24, 2.45) is 0 Å². The molecule has 0 fully saturated rings. The monoisotopic (exact) mass is 348 g/mol. The Morgan fingerprint density at radius 2 is 1.71 bits per heavy atom. The van der Waals surface area contributed by atoms with Crippen molar-refractivity contribution in [2.45, 2.75) is 11.4 Å². The third-order valence-electron chi connectivity index (χ3n) is 3.33. The van der Waals surface area contributed by atoms with Gasteiger partial charge in [-0.2, -0.15) is 0 Å². The average Bonchev–Trinajstić information content (AvgIpc) is 2.60. The molecule has 0 bridgehead atoms. The molecule has 2 rings (SSSR count). The molecule has 0 heterocycles. The Hall–Kier alpha value is -2.71. The topological polar surface area (TPSA) is 113 Å². The highest BCUT2D eigenvalue weighted by atomic mass is 32.2. The second-order valence-electron chi connectivity index (χ2n) is 4.92. The first kappa shape index (κ1) is 17.6. The normalized spacial score (nSPS) is 11.0. The van der Waals surface area contributed by atoms with E-state index in [9.17, 15) is 18.0 Å². The molecule has 7 nitrogen and oxygen atoms in total. The summed E-state index contributed by atoms with van der Waals surface area (Å²) < 4.78 is 25.7. The van der Waals surface area contributed by atoms with E-state index in [1.165, 1.54) is 43.4 Å². The maximum absolute atomic E-state index is 12.1. The molecule has 0 saturated heterocycles. The lowest BCUT2D eigenvalue weighted by Crippen LogP contribution is -2.24. The van der Waals surface area contributed by atoms with Crippen molar-refractivity contribution < 1.29 is 23.1 Å². The van der Waals surface area contributed by atoms with E-state index in [2.05, 4.69) is 10.0 Å². The van der Waals surface area contributed by atoms with E-state index in [4.69, 9.17) is 5.11 Å². The molecule has 0 atom stereocenters. The molecule has 8 heteroatoms. The number of carbonyl (C=O) groups excluding carboxylic acids is 1. The number of aromatic carboxylic acids is 1. The minimum atomic E-state index is -3.62. The van der Waals surface area contributed by atoms with Crippen LogP contribution in [0.25, 0.3) is 0 Å². The predicted molar refractivity (Wildman–Crippen MR) is 87.3 cm³/mol. The van der Waals surface area contributed by atoms with Gasteiger partial charge in [-0.25, -0.2) is 17.9 Å². The van der Waals surface area contributed by atoms with Gasteiger partial charge in [-0.15, -0.1) is 0 Å². The number of amides is 1. The van der Waals surface area contributed by atoms with Gasteiger partial charge < -0.3 is 10.4 Å². The molecule has 0 unspecified atom stereocenters. The summed E-state index contributed by atoms with van der Waals surface area (Å²) in [6, 6.07) is 11.8. The van der Waals surface area contributed by atoms with Crippen LogP contribution in [0.3, 0.4) is 0 Å². The van der Waals surface area contributed by atoms with E-state index >= 15 is 0 Å². The zero-order valence-corrected chi connectivity index (χ0v) is 13.6. The van der Waals surface area contributed by atoms with Crippen LogP contribution in [-0.2, 0) is 16.6 Å². The largest absolute Gasteiger partial charge is 0.478 e. The van der Waals surface area contributed by atoms with Crippen LogP contribution in [0.2, 0.25) is 0 Å². The Bertz CT molecular complexity index is 860. The lowest BCUT2D eigenvalue weighted by Gasteiger charge is -2.08. The van der Waals surface area contributed by atoms with Crippen molar-refractivity contribution in [2.75, 3.05) is 7.05 Å². The van der Waals surface area contributed by atoms with Gasteiger partial charge in [0, 0.05) is 12.1 Å². The molecular formula is C16H16N2O5S. The van der Waals surface area contributed by atoms with Crippen molar-refractivity contribution in [3.8, 4) is 0 Å². The van der Waals surface area contributed by atoms with Crippen LogP contribution in [0.15, 0.2) is 53.4 Å². The van der Waals surface area contributed by atoms with Crippen molar-refractivity contribution in [1.82, 2.24) is 10.0 Å². The molecule has 0 aliphatic carbocycles. The quantitative estimate of drug-likeness (QED) is 0.727. The van der Waals surface area contributed by atoms with Crippen LogP contribution < -0.4 is 10.0 Å². The van der Waals surface area contributed by atoms with E-state index in [1.54, 1.807) is 12.1 Å². The second kappa shape index (κ2) is 7.24. The minimum Gasteiger partial charge on any atom is -0.478 e. The van der Waals surface area contributed by atoms with Gasteiger partial charge >= 0.3 is 5.97 Å². The molecule has 0 aliphatic heterocycles. The van der Waals surface area contributed by atoms with E-state index < -0.39 is 21.9 Å². The Labute approximate surface area is 139 Å². The van der Waals surface area contributed by atoms with Crippen LogP contribution in [0.4, 0.5) is 0 Å². The fourth-order valence-corrected chi connectivity index (χ4v) is 2.75. The highest BCUT2D eigenvalue weighted by Crippen LogP contribution is 2.11. The molecule has 0 spiro atoms. The molecule has 24 heavy (non-hydrogen) atoms. The summed E-state index contributed by atoms with van der Waals surface area (Å²) in [5.74, 6) is -1.45. The average molecular weight is 348 g/mol. The zero-order valence-electron chi connectivity index (χ0n) is 12.8. The summed E-state index contributed by atoms with van der Waals surface area (Å²) in [5, 5.41) is 11.5. The zero-order chi connectivity index (χ0) is 17.7. The molecule has 2 aromatic rings. The van der Waals surface area contributed by atoms with Gasteiger partial charge in [0.2, 0.25) is 10.0 Å². The molecule has 0 aliphatic rings. The van der Waals surface area contributed by atoms with E-state index in [0.29, 0.717) is 0 Å². The van der Waals surface area contributed by atoms with Gasteiger partial charge in [-0.3, -0.25) is 4.79 Å². The number of nitrogens with one attached hydrogen (secondary N) is 2. The van der Waals surface area contributed by atoms with Gasteiger partial charge in [0.1, 0.15) is 0 Å². The molecule has 0 radical (unpaired) electrons. The number of benzene rings is 2. The summed E-state index contributed by atoms with van der Waals surface area (Å²) >= 11 is 0. The van der Waals surface area contributed by atoms with E-state index in [-0.39, 0.29) is 22.6 Å². The maximum atomic E-state index is 12.1. The minimum absolute atomic E-state index is 0.00320. The molecular weight excluding hydrogens is 332 g/mol. The molecule has 2 aromatic carbocycles. The highest BCUT2D eigenvalue weighted by Gasteiger charge is 2.14. The number of carbonyl (C=O) groups is 2. The Kier molecular flexibility index (Phi) is 5.32. The van der Waals surface area contributed by atoms with Crippen LogP contribution in [0.1, 0.15) is 26.3 Å². The van der Waals surface area contributed by atoms with Gasteiger partial charge in [0.25, 0.3) is 5.91 Å². The van der Waals surface area contributed by atoms with Gasteiger partial charge in [-0.1, -0.05) is 18.2 Å². The number of carboxylic acid groups (broad SMARTS) is 1. The molecule has 3 N–H and O–H groups in total. The SMILES string of the molecule is CNS(=O)(=O)c1cccc(C(=O)NCc2ccc(C(=O)O)cc2)c1. The second-order valence-corrected chi connectivity index (χ2v) is 6.81. The predicted octanol–water partition coefficient (Wildman–Crippen LogP) is 1.22. The van der Waals surface area contributed by atoms with E-state index in [1.807, 2.05) is 0 Å². The maximum Gasteiger partial charge on any atom is 0.335 e. The number of carboxylic acids is 1. The number of hydrogen-bond donors (Lipinski definition) is 3. The van der Waals surface area contributed by atoms with Gasteiger partial charge in [0.15, 0.2) is 0 Å². The summed E-state index contributed by atoms with van der Waals surface area (Å²) in [4.78, 5) is 22.9. The van der Waals surface area contributed by atoms with Crippen LogP contribution >= 0.6 is 0 Å². The smallest absolute Gasteiger partial charge is 0.335 e. The number of hydrogen-bond acceptors (Lipinski definition) is 4. The molecule has 1 amide bonds. The third-order valence-corrected chi connectivity index (χ3v) is 4.74. The molecule has 0 aromatic heterocycles. The van der Waals surface area contributed by atoms with Gasteiger partial charge in [0.05, 0.1) is 10.5 Å². The summed E-state index contributed by atoms with van der Waals surface area (Å²) in [6.45, 7) is 0.196. The number of sulfonamides is 1. The van der Waals surface area contributed by atoms with Crippen molar-refractivity contribution in [1.29, 1.82) is 0 Å². The molecule has 0 saturated carbocycles. The van der Waals surface area contributed by atoms with Crippen molar-refractivity contribution >= 4 is 21.9 Å². The molecule has 126 valence electrons. The lowest BCUT2D eigenvalue weighted by atomic mass is 10.1. The fourth-order valence-electron chi connectivity index (χ4n) is 1.97. The summed E-state index contributed by atoms with van der Waals surface area (Å²) in [5.41, 5.74) is 1.11. The van der Waals surface area contributed by atoms with Crippen molar-refractivity contribution in [3.63, 3.8) is 0 Å². The van der Waals surface area contributed by atoms with Crippen LogP contribution in [0, 0.1) is 0 Å². The van der Waals surface area contributed by atoms with Crippen molar-refractivity contribution in [3.05, 3.63) is 65.2 Å². The Balaban J connectivity index is 2.07. The van der Waals surface area contributed by atoms with Gasteiger partial charge in [-0.05, 0) is 42.9 Å². The summed E-state index contributed by atoms with van der Waals surface area (Å²) in [7, 11) is -2.33. The van der Waals surface area contributed by atoms with E-state index in [0.717, 1.165) is 5.56 Å². The third kappa shape index (κ3) is 4.18.